The number of alkyl halides is 3. The molecular weight excluding hydrogens is 417 g/mol. The standard InChI is InChI=1S/C20H19F3N4O2S/c21-20(22,23)13-6-3-12(4-7-13)5-8-15-10-16(27-19(24)29)17(30-15)18(28)26-14-2-1-9-25-11-14/h3-4,6-7,10,14,25H,1-2,9,11H2,(H,26,28)(H3,24,27,29). The van der Waals surface area contributed by atoms with Crippen molar-refractivity contribution in [3.8, 4) is 11.8 Å². The van der Waals surface area contributed by atoms with E-state index in [2.05, 4.69) is 27.8 Å². The van der Waals surface area contributed by atoms with Crippen LogP contribution in [0.4, 0.5) is 23.7 Å². The van der Waals surface area contributed by atoms with Crippen LogP contribution in [-0.2, 0) is 6.18 Å². The first-order valence-corrected chi connectivity index (χ1v) is 9.95. The van der Waals surface area contributed by atoms with E-state index in [0.29, 0.717) is 17.0 Å². The van der Waals surface area contributed by atoms with Crippen LogP contribution < -0.4 is 21.7 Å². The number of hydrogen-bond acceptors (Lipinski definition) is 4. The first-order valence-electron chi connectivity index (χ1n) is 9.13. The van der Waals surface area contributed by atoms with Crippen LogP contribution in [0.15, 0.2) is 30.3 Å². The minimum atomic E-state index is -4.41. The number of thiophene rings is 1. The van der Waals surface area contributed by atoms with Gasteiger partial charge in [0.25, 0.3) is 5.91 Å². The quantitative estimate of drug-likeness (QED) is 0.557. The SMILES string of the molecule is NC(=O)Nc1cc(C#Cc2ccc(C(F)(F)F)cc2)sc1C(=O)NC1CCCNC1. The van der Waals surface area contributed by atoms with Crippen molar-refractivity contribution in [2.75, 3.05) is 18.4 Å². The topological polar surface area (TPSA) is 96.2 Å². The summed E-state index contributed by atoms with van der Waals surface area (Å²) in [6.07, 6.45) is -2.61. The zero-order valence-corrected chi connectivity index (χ0v) is 16.5. The summed E-state index contributed by atoms with van der Waals surface area (Å²) in [7, 11) is 0. The van der Waals surface area contributed by atoms with Crippen molar-refractivity contribution in [2.24, 2.45) is 5.73 Å². The number of urea groups is 1. The van der Waals surface area contributed by atoms with Crippen molar-refractivity contribution in [1.82, 2.24) is 10.6 Å². The fourth-order valence-corrected chi connectivity index (χ4v) is 3.82. The number of amides is 3. The van der Waals surface area contributed by atoms with Gasteiger partial charge in [0.2, 0.25) is 0 Å². The molecule has 0 bridgehead atoms. The highest BCUT2D eigenvalue weighted by Gasteiger charge is 2.29. The molecule has 3 rings (SSSR count). The first-order chi connectivity index (χ1) is 14.2. The van der Waals surface area contributed by atoms with Gasteiger partial charge in [-0.15, -0.1) is 11.3 Å². The number of halogens is 3. The minimum Gasteiger partial charge on any atom is -0.351 e. The Hall–Kier alpha value is -3.03. The average Bonchev–Trinajstić information content (AvgIpc) is 3.09. The van der Waals surface area contributed by atoms with E-state index in [9.17, 15) is 22.8 Å². The van der Waals surface area contributed by atoms with Crippen LogP contribution in [0.2, 0.25) is 0 Å². The number of carbonyl (C=O) groups is 2. The summed E-state index contributed by atoms with van der Waals surface area (Å²) in [5, 5.41) is 8.53. The molecule has 1 fully saturated rings. The van der Waals surface area contributed by atoms with Gasteiger partial charge in [0, 0.05) is 18.2 Å². The van der Waals surface area contributed by atoms with Crippen molar-refractivity contribution in [3.05, 3.63) is 51.2 Å². The summed E-state index contributed by atoms with van der Waals surface area (Å²) in [5.41, 5.74) is 5.06. The van der Waals surface area contributed by atoms with E-state index in [1.807, 2.05) is 0 Å². The molecule has 10 heteroatoms. The summed E-state index contributed by atoms with van der Waals surface area (Å²) in [5.74, 6) is 5.23. The van der Waals surface area contributed by atoms with E-state index < -0.39 is 17.8 Å². The smallest absolute Gasteiger partial charge is 0.351 e. The second-order valence-corrected chi connectivity index (χ2v) is 7.74. The van der Waals surface area contributed by atoms with Crippen molar-refractivity contribution in [1.29, 1.82) is 0 Å². The van der Waals surface area contributed by atoms with E-state index in [0.717, 1.165) is 42.9 Å². The van der Waals surface area contributed by atoms with Gasteiger partial charge in [-0.25, -0.2) is 4.79 Å². The third-order valence-corrected chi connectivity index (χ3v) is 5.42. The number of piperidine rings is 1. The number of rotatable bonds is 3. The minimum absolute atomic E-state index is 0.0172. The van der Waals surface area contributed by atoms with Crippen LogP contribution >= 0.6 is 11.3 Å². The highest BCUT2D eigenvalue weighted by atomic mass is 32.1. The third-order valence-electron chi connectivity index (χ3n) is 4.37. The molecule has 30 heavy (non-hydrogen) atoms. The summed E-state index contributed by atoms with van der Waals surface area (Å²) in [6, 6.07) is 5.14. The number of carbonyl (C=O) groups excluding carboxylic acids is 2. The molecule has 3 amide bonds. The average molecular weight is 436 g/mol. The van der Waals surface area contributed by atoms with Crippen molar-refractivity contribution >= 4 is 29.0 Å². The van der Waals surface area contributed by atoms with Gasteiger partial charge in [-0.05, 0) is 49.7 Å². The molecule has 0 spiro atoms. The van der Waals surface area contributed by atoms with Crippen molar-refractivity contribution < 1.29 is 22.8 Å². The Kier molecular flexibility index (Phi) is 6.64. The lowest BCUT2D eigenvalue weighted by atomic mass is 10.1. The van der Waals surface area contributed by atoms with Crippen LogP contribution in [0.1, 0.15) is 38.5 Å². The zero-order chi connectivity index (χ0) is 21.7. The normalized spacial score (nSPS) is 16.3. The molecule has 1 atom stereocenters. The Labute approximate surface area is 175 Å². The second-order valence-electron chi connectivity index (χ2n) is 6.68. The van der Waals surface area contributed by atoms with Crippen LogP contribution in [0.25, 0.3) is 0 Å². The Morgan fingerprint density at radius 2 is 1.93 bits per heavy atom. The fourth-order valence-electron chi connectivity index (χ4n) is 2.95. The molecule has 0 radical (unpaired) electrons. The van der Waals surface area contributed by atoms with Crippen LogP contribution in [0.5, 0.6) is 0 Å². The number of benzene rings is 1. The van der Waals surface area contributed by atoms with E-state index in [-0.39, 0.29) is 22.5 Å². The summed E-state index contributed by atoms with van der Waals surface area (Å²) < 4.78 is 37.9. The number of nitrogens with one attached hydrogen (secondary N) is 3. The van der Waals surface area contributed by atoms with Gasteiger partial charge in [0.05, 0.1) is 16.1 Å². The molecule has 1 aliphatic heterocycles. The van der Waals surface area contributed by atoms with Gasteiger partial charge >= 0.3 is 12.2 Å². The first kappa shape index (κ1) is 21.7. The van der Waals surface area contributed by atoms with E-state index in [1.165, 1.54) is 18.2 Å². The van der Waals surface area contributed by atoms with Gasteiger partial charge < -0.3 is 21.7 Å². The molecule has 1 aromatic carbocycles. The lowest BCUT2D eigenvalue weighted by molar-refractivity contribution is -0.137. The molecule has 2 heterocycles. The monoisotopic (exact) mass is 436 g/mol. The zero-order valence-electron chi connectivity index (χ0n) is 15.7. The van der Waals surface area contributed by atoms with Crippen LogP contribution in [-0.4, -0.2) is 31.1 Å². The maximum absolute atomic E-state index is 12.7. The molecule has 1 aromatic heterocycles. The summed E-state index contributed by atoms with van der Waals surface area (Å²) >= 11 is 1.07. The Morgan fingerprint density at radius 1 is 1.20 bits per heavy atom. The third kappa shape index (κ3) is 5.75. The van der Waals surface area contributed by atoms with Crippen LogP contribution in [0.3, 0.4) is 0 Å². The number of nitrogens with two attached hydrogens (primary N) is 1. The maximum Gasteiger partial charge on any atom is 0.416 e. The number of hydrogen-bond donors (Lipinski definition) is 4. The molecule has 158 valence electrons. The Morgan fingerprint density at radius 3 is 2.53 bits per heavy atom. The highest BCUT2D eigenvalue weighted by molar-refractivity contribution is 7.15. The fraction of sp³-hybridized carbons (Fsp3) is 0.300. The molecule has 6 nitrogen and oxygen atoms in total. The molecular formula is C20H19F3N4O2S. The highest BCUT2D eigenvalue weighted by Crippen LogP contribution is 2.29. The maximum atomic E-state index is 12.7. The van der Waals surface area contributed by atoms with Gasteiger partial charge in [-0.1, -0.05) is 11.8 Å². The van der Waals surface area contributed by atoms with Gasteiger partial charge in [0.15, 0.2) is 0 Å². The molecule has 1 aliphatic rings. The Bertz CT molecular complexity index is 984. The molecule has 1 unspecified atom stereocenters. The van der Waals surface area contributed by atoms with Gasteiger partial charge in [0.1, 0.15) is 4.88 Å². The number of anilines is 1. The molecule has 0 saturated carbocycles. The largest absolute Gasteiger partial charge is 0.416 e. The second kappa shape index (κ2) is 9.19. The Balaban J connectivity index is 1.79. The lowest BCUT2D eigenvalue weighted by Crippen LogP contribution is -2.45. The molecule has 5 N–H and O–H groups in total. The predicted molar refractivity (Wildman–Crippen MR) is 108 cm³/mol. The van der Waals surface area contributed by atoms with Crippen molar-refractivity contribution in [2.45, 2.75) is 25.1 Å². The van der Waals surface area contributed by atoms with Gasteiger partial charge in [-0.2, -0.15) is 13.2 Å². The summed E-state index contributed by atoms with van der Waals surface area (Å²) in [4.78, 5) is 24.7. The van der Waals surface area contributed by atoms with E-state index >= 15 is 0 Å². The molecule has 2 aromatic rings. The lowest BCUT2D eigenvalue weighted by Gasteiger charge is -2.23. The van der Waals surface area contributed by atoms with Crippen molar-refractivity contribution in [3.63, 3.8) is 0 Å². The molecule has 1 saturated heterocycles. The summed E-state index contributed by atoms with van der Waals surface area (Å²) in [6.45, 7) is 1.57. The van der Waals surface area contributed by atoms with Gasteiger partial charge in [-0.3, -0.25) is 4.79 Å². The van der Waals surface area contributed by atoms with E-state index in [4.69, 9.17) is 5.73 Å². The molecule has 0 aliphatic carbocycles. The van der Waals surface area contributed by atoms with Crippen LogP contribution in [0, 0.1) is 11.8 Å². The van der Waals surface area contributed by atoms with E-state index in [1.54, 1.807) is 0 Å². The predicted octanol–water partition coefficient (Wildman–Crippen LogP) is 3.14. The number of primary amides is 1.